The Morgan fingerprint density at radius 3 is 2.58 bits per heavy atom. The highest BCUT2D eigenvalue weighted by Gasteiger charge is 2.06. The van der Waals surface area contributed by atoms with Crippen LogP contribution in [0.15, 0.2) is 18.2 Å². The third-order valence-corrected chi connectivity index (χ3v) is 2.19. The van der Waals surface area contributed by atoms with Crippen molar-refractivity contribution in [3.8, 4) is 11.5 Å². The van der Waals surface area contributed by atoms with Gasteiger partial charge in [0.1, 0.15) is 6.54 Å². The molecule has 0 aromatic heterocycles. The maximum atomic E-state index is 11.3. The summed E-state index contributed by atoms with van der Waals surface area (Å²) in [6.45, 7) is 1.88. The topological polar surface area (TPSA) is 108 Å². The number of aromatic hydroxyl groups is 2. The van der Waals surface area contributed by atoms with Crippen molar-refractivity contribution in [3.63, 3.8) is 0 Å². The van der Waals surface area contributed by atoms with Crippen molar-refractivity contribution in [2.45, 2.75) is 13.5 Å². The summed E-state index contributed by atoms with van der Waals surface area (Å²) in [5.41, 5.74) is 0.613. The van der Waals surface area contributed by atoms with Gasteiger partial charge in [-0.2, -0.15) is 0 Å². The monoisotopic (exact) mass is 268 g/mol. The Kier molecular flexibility index (Phi) is 5.46. The number of hydrogen-bond donors (Lipinski definition) is 4. The molecule has 0 atom stereocenters. The zero-order valence-corrected chi connectivity index (χ0v) is 10.5. The fourth-order valence-corrected chi connectivity index (χ4v) is 1.29. The fourth-order valence-electron chi connectivity index (χ4n) is 1.29. The molecule has 0 aliphatic heterocycles. The molecule has 0 fully saturated rings. The quantitative estimate of drug-likeness (QED) is 0.458. The van der Waals surface area contributed by atoms with Gasteiger partial charge in [0, 0.05) is 6.54 Å². The Bertz CT molecular complexity index is 461. The second kappa shape index (κ2) is 7.10. The summed E-state index contributed by atoms with van der Waals surface area (Å²) in [4.78, 5) is 22.3. The third-order valence-electron chi connectivity index (χ3n) is 2.19. The summed E-state index contributed by atoms with van der Waals surface area (Å²) in [5, 5.41) is 23.2. The molecular weight excluding hydrogens is 252 g/mol. The van der Waals surface area contributed by atoms with Crippen LogP contribution in [0.5, 0.6) is 11.5 Å². The first-order chi connectivity index (χ1) is 9.02. The van der Waals surface area contributed by atoms with Crippen LogP contribution in [0.25, 0.3) is 0 Å². The molecule has 1 aromatic carbocycles. The molecule has 7 heteroatoms. The van der Waals surface area contributed by atoms with E-state index < -0.39 is 12.0 Å². The van der Waals surface area contributed by atoms with Crippen LogP contribution >= 0.6 is 0 Å². The van der Waals surface area contributed by atoms with Crippen LogP contribution in [0.2, 0.25) is 0 Å². The maximum Gasteiger partial charge on any atom is 0.325 e. The van der Waals surface area contributed by atoms with Gasteiger partial charge in [-0.25, -0.2) is 4.79 Å². The predicted molar refractivity (Wildman–Crippen MR) is 66.6 cm³/mol. The van der Waals surface area contributed by atoms with E-state index in [9.17, 15) is 14.7 Å². The number of amides is 2. The van der Waals surface area contributed by atoms with Crippen molar-refractivity contribution >= 4 is 12.0 Å². The average molecular weight is 268 g/mol. The summed E-state index contributed by atoms with van der Waals surface area (Å²) in [6, 6.07) is 3.69. The maximum absolute atomic E-state index is 11.3. The lowest BCUT2D eigenvalue weighted by Gasteiger charge is -2.08. The van der Waals surface area contributed by atoms with Crippen LogP contribution in [-0.2, 0) is 16.1 Å². The van der Waals surface area contributed by atoms with Crippen molar-refractivity contribution in [2.75, 3.05) is 13.2 Å². The molecule has 0 unspecified atom stereocenters. The van der Waals surface area contributed by atoms with Gasteiger partial charge in [-0.3, -0.25) is 4.79 Å². The third kappa shape index (κ3) is 5.15. The zero-order chi connectivity index (χ0) is 14.3. The second-order valence-corrected chi connectivity index (χ2v) is 3.66. The number of rotatable bonds is 5. The molecule has 0 heterocycles. The zero-order valence-electron chi connectivity index (χ0n) is 10.5. The van der Waals surface area contributed by atoms with Gasteiger partial charge in [0.2, 0.25) is 0 Å². The number of phenols is 2. The van der Waals surface area contributed by atoms with Crippen LogP contribution in [0.3, 0.4) is 0 Å². The normalized spacial score (nSPS) is 9.74. The van der Waals surface area contributed by atoms with Crippen molar-refractivity contribution < 1.29 is 24.5 Å². The molecule has 4 N–H and O–H groups in total. The van der Waals surface area contributed by atoms with Crippen molar-refractivity contribution in [2.24, 2.45) is 0 Å². The molecule has 1 rings (SSSR count). The first-order valence-electron chi connectivity index (χ1n) is 5.71. The minimum atomic E-state index is -0.527. The lowest BCUT2D eigenvalue weighted by atomic mass is 10.2. The van der Waals surface area contributed by atoms with Gasteiger partial charge < -0.3 is 25.6 Å². The number of carbonyl (C=O) groups is 2. The van der Waals surface area contributed by atoms with Gasteiger partial charge in [0.25, 0.3) is 0 Å². The first-order valence-corrected chi connectivity index (χ1v) is 5.71. The van der Waals surface area contributed by atoms with E-state index in [0.717, 1.165) is 0 Å². The molecule has 7 nitrogen and oxygen atoms in total. The summed E-state index contributed by atoms with van der Waals surface area (Å²) >= 11 is 0. The number of ether oxygens (including phenoxy) is 1. The van der Waals surface area contributed by atoms with E-state index in [1.807, 2.05) is 0 Å². The highest BCUT2D eigenvalue weighted by Crippen LogP contribution is 2.24. The Hall–Kier alpha value is -2.44. The smallest absolute Gasteiger partial charge is 0.325 e. The molecule has 1 aromatic rings. The molecule has 0 saturated heterocycles. The molecule has 0 bridgehead atoms. The fraction of sp³-hybridized carbons (Fsp3) is 0.333. The van der Waals surface area contributed by atoms with Gasteiger partial charge in [0.15, 0.2) is 11.5 Å². The largest absolute Gasteiger partial charge is 0.504 e. The highest BCUT2D eigenvalue weighted by atomic mass is 16.5. The summed E-state index contributed by atoms with van der Waals surface area (Å²) in [7, 11) is 0. The molecule has 0 aliphatic carbocycles. The van der Waals surface area contributed by atoms with E-state index in [4.69, 9.17) is 5.11 Å². The summed E-state index contributed by atoms with van der Waals surface area (Å²) in [6.07, 6.45) is 0. The van der Waals surface area contributed by atoms with E-state index in [2.05, 4.69) is 15.4 Å². The van der Waals surface area contributed by atoms with Gasteiger partial charge >= 0.3 is 12.0 Å². The Morgan fingerprint density at radius 2 is 1.95 bits per heavy atom. The SMILES string of the molecule is CCOC(=O)CNC(=O)NCc1ccc(O)c(O)c1. The Morgan fingerprint density at radius 1 is 1.21 bits per heavy atom. The molecule has 104 valence electrons. The summed E-state index contributed by atoms with van der Waals surface area (Å²) < 4.78 is 4.64. The standard InChI is InChI=1S/C12H16N2O5/c1-2-19-11(17)7-14-12(18)13-6-8-3-4-9(15)10(16)5-8/h3-5,15-16H,2,6-7H2,1H3,(H2,13,14,18). The van der Waals surface area contributed by atoms with Crippen LogP contribution < -0.4 is 10.6 Å². The number of nitrogens with one attached hydrogen (secondary N) is 2. The minimum absolute atomic E-state index is 0.155. The molecule has 0 saturated carbocycles. The van der Waals surface area contributed by atoms with Gasteiger partial charge in [-0.05, 0) is 24.6 Å². The number of hydrogen-bond acceptors (Lipinski definition) is 5. The molecule has 0 spiro atoms. The molecule has 2 amide bonds. The minimum Gasteiger partial charge on any atom is -0.504 e. The average Bonchev–Trinajstić information content (AvgIpc) is 2.38. The second-order valence-electron chi connectivity index (χ2n) is 3.66. The highest BCUT2D eigenvalue weighted by molar-refractivity contribution is 5.80. The van der Waals surface area contributed by atoms with E-state index >= 15 is 0 Å². The molecule has 0 aliphatic rings. The van der Waals surface area contributed by atoms with Crippen LogP contribution in [0.1, 0.15) is 12.5 Å². The number of phenolic OH excluding ortho intramolecular Hbond substituents is 2. The van der Waals surface area contributed by atoms with E-state index in [0.29, 0.717) is 5.56 Å². The Labute approximate surface area is 110 Å². The lowest BCUT2D eigenvalue weighted by molar-refractivity contribution is -0.141. The predicted octanol–water partition coefficient (Wildman–Crippen LogP) is 0.460. The first kappa shape index (κ1) is 14.6. The molecular formula is C12H16N2O5. The summed E-state index contributed by atoms with van der Waals surface area (Å²) in [5.74, 6) is -0.998. The van der Waals surface area contributed by atoms with Crippen LogP contribution in [0.4, 0.5) is 4.79 Å². The Balaban J connectivity index is 2.33. The van der Waals surface area contributed by atoms with Crippen molar-refractivity contribution in [3.05, 3.63) is 23.8 Å². The van der Waals surface area contributed by atoms with E-state index in [1.54, 1.807) is 13.0 Å². The van der Waals surface area contributed by atoms with Crippen molar-refractivity contribution in [1.29, 1.82) is 0 Å². The van der Waals surface area contributed by atoms with E-state index in [1.165, 1.54) is 12.1 Å². The van der Waals surface area contributed by atoms with Crippen LogP contribution in [0, 0.1) is 0 Å². The van der Waals surface area contributed by atoms with Crippen LogP contribution in [-0.4, -0.2) is 35.4 Å². The number of esters is 1. The van der Waals surface area contributed by atoms with E-state index in [-0.39, 0.29) is 31.2 Å². The molecule has 19 heavy (non-hydrogen) atoms. The lowest BCUT2D eigenvalue weighted by Crippen LogP contribution is -2.38. The molecule has 0 radical (unpaired) electrons. The number of benzene rings is 1. The number of carbonyl (C=O) groups excluding carboxylic acids is 2. The van der Waals surface area contributed by atoms with Crippen molar-refractivity contribution in [1.82, 2.24) is 10.6 Å². The number of urea groups is 1. The van der Waals surface area contributed by atoms with Gasteiger partial charge in [0.05, 0.1) is 6.61 Å². The van der Waals surface area contributed by atoms with Gasteiger partial charge in [-0.1, -0.05) is 6.07 Å². The van der Waals surface area contributed by atoms with Gasteiger partial charge in [-0.15, -0.1) is 0 Å².